The van der Waals surface area contributed by atoms with Crippen LogP contribution in [0.15, 0.2) is 39.9 Å². The van der Waals surface area contributed by atoms with Crippen LogP contribution in [0, 0.1) is 0 Å². The van der Waals surface area contributed by atoms with E-state index in [2.05, 4.69) is 36.3 Å². The van der Waals surface area contributed by atoms with E-state index in [4.69, 9.17) is 0 Å². The quantitative estimate of drug-likeness (QED) is 0.565. The Morgan fingerprint density at radius 2 is 2.12 bits per heavy atom. The zero-order valence-corrected chi connectivity index (χ0v) is 15.1. The van der Waals surface area contributed by atoms with E-state index in [0.29, 0.717) is 16.6 Å². The number of rotatable bonds is 4. The summed E-state index contributed by atoms with van der Waals surface area (Å²) in [6, 6.07) is 5.42. The van der Waals surface area contributed by atoms with Crippen LogP contribution in [0.25, 0.3) is 10.6 Å². The molecule has 0 unspecified atom stereocenters. The monoisotopic (exact) mass is 404 g/mol. The van der Waals surface area contributed by atoms with Gasteiger partial charge in [-0.15, -0.1) is 5.10 Å². The summed E-state index contributed by atoms with van der Waals surface area (Å²) in [6.45, 7) is 2.49. The Labute approximate surface area is 149 Å². The third-order valence-corrected chi connectivity index (χ3v) is 4.88. The maximum absolute atomic E-state index is 12.0. The number of aryl methyl sites for hydroxylation is 1. The fourth-order valence-corrected chi connectivity index (χ4v) is 3.55. The minimum Gasteiger partial charge on any atom is -0.354 e. The Hall–Kier alpha value is -2.26. The van der Waals surface area contributed by atoms with Crippen LogP contribution in [0.3, 0.4) is 0 Å². The van der Waals surface area contributed by atoms with Crippen LogP contribution in [-0.4, -0.2) is 24.0 Å². The van der Waals surface area contributed by atoms with Crippen molar-refractivity contribution in [3.05, 3.63) is 56.8 Å². The molecule has 0 bridgehead atoms. The maximum atomic E-state index is 12.0. The van der Waals surface area contributed by atoms with Gasteiger partial charge in [0.1, 0.15) is 5.65 Å². The van der Waals surface area contributed by atoms with Crippen molar-refractivity contribution in [1.29, 1.82) is 0 Å². The molecule has 9 heteroatoms. The summed E-state index contributed by atoms with van der Waals surface area (Å²) < 4.78 is 4.28. The molecule has 0 saturated heterocycles. The highest BCUT2D eigenvalue weighted by Gasteiger charge is 2.09. The summed E-state index contributed by atoms with van der Waals surface area (Å²) in [4.78, 5) is 21.6. The highest BCUT2D eigenvalue weighted by molar-refractivity contribution is 9.10. The van der Waals surface area contributed by atoms with Gasteiger partial charge in [0.25, 0.3) is 5.56 Å². The van der Waals surface area contributed by atoms with Crippen LogP contribution < -0.4 is 10.9 Å². The summed E-state index contributed by atoms with van der Waals surface area (Å²) in [6.07, 6.45) is 4.64. The number of fused-ring (bicyclic) bond motifs is 2. The van der Waals surface area contributed by atoms with Crippen LogP contribution in [0.4, 0.5) is 5.13 Å². The van der Waals surface area contributed by atoms with Crippen LogP contribution in [0.5, 0.6) is 0 Å². The lowest BCUT2D eigenvalue weighted by Gasteiger charge is -1.96. The fraction of sp³-hybridized carbons (Fsp3) is 0.200. The number of anilines is 1. The van der Waals surface area contributed by atoms with Gasteiger partial charge >= 0.3 is 0 Å². The van der Waals surface area contributed by atoms with E-state index >= 15 is 0 Å². The van der Waals surface area contributed by atoms with E-state index in [1.807, 2.05) is 35.9 Å². The number of halogens is 1. The van der Waals surface area contributed by atoms with Gasteiger partial charge in [-0.1, -0.05) is 18.3 Å². The number of aromatic nitrogens is 5. The average molecular weight is 405 g/mol. The molecule has 4 aromatic heterocycles. The second-order valence-electron chi connectivity index (χ2n) is 5.24. The summed E-state index contributed by atoms with van der Waals surface area (Å²) in [7, 11) is 0. The summed E-state index contributed by atoms with van der Waals surface area (Å²) in [5, 5.41) is 8.13. The maximum Gasteiger partial charge on any atom is 0.275 e. The van der Waals surface area contributed by atoms with Gasteiger partial charge in [0.05, 0.1) is 12.2 Å². The zero-order chi connectivity index (χ0) is 16.7. The first-order valence-corrected chi connectivity index (χ1v) is 9.00. The van der Waals surface area contributed by atoms with Gasteiger partial charge in [-0.05, 0) is 34.5 Å². The van der Waals surface area contributed by atoms with Crippen LogP contribution in [0.1, 0.15) is 18.3 Å². The van der Waals surface area contributed by atoms with Crippen LogP contribution in [-0.2, 0) is 13.0 Å². The van der Waals surface area contributed by atoms with Crippen LogP contribution in [0.2, 0.25) is 0 Å². The van der Waals surface area contributed by atoms with Gasteiger partial charge in [-0.2, -0.15) is 4.52 Å². The number of nitrogens with zero attached hydrogens (tertiary/aromatic N) is 5. The molecule has 4 rings (SSSR count). The van der Waals surface area contributed by atoms with Gasteiger partial charge in [0, 0.05) is 28.6 Å². The summed E-state index contributed by atoms with van der Waals surface area (Å²) in [5.41, 5.74) is 2.39. The van der Waals surface area contributed by atoms with Crippen molar-refractivity contribution < 1.29 is 0 Å². The summed E-state index contributed by atoms with van der Waals surface area (Å²) >= 11 is 4.80. The molecular formula is C15H13BrN6OS. The molecule has 0 aliphatic carbocycles. The molecule has 0 aliphatic rings. The van der Waals surface area contributed by atoms with Crippen molar-refractivity contribution in [2.45, 2.75) is 19.9 Å². The lowest BCUT2D eigenvalue weighted by Crippen LogP contribution is -2.15. The van der Waals surface area contributed by atoms with Crippen molar-refractivity contribution in [1.82, 2.24) is 24.0 Å². The first-order valence-electron chi connectivity index (χ1n) is 7.39. The molecule has 0 aromatic carbocycles. The molecule has 4 aromatic rings. The van der Waals surface area contributed by atoms with Crippen molar-refractivity contribution in [3.8, 4) is 0 Å². The molecule has 122 valence electrons. The molecule has 0 spiro atoms. The number of hydrogen-bond donors (Lipinski definition) is 1. The third kappa shape index (κ3) is 2.80. The van der Waals surface area contributed by atoms with Gasteiger partial charge in [-0.3, -0.25) is 4.79 Å². The SMILES string of the molecule is CCc1cc(=O)n2nc(NCc3cn4cc(Br)ccc4n3)sc2n1. The molecule has 0 aliphatic heterocycles. The van der Waals surface area contributed by atoms with E-state index in [9.17, 15) is 4.79 Å². The molecule has 0 atom stereocenters. The normalized spacial score (nSPS) is 11.4. The van der Waals surface area contributed by atoms with E-state index in [1.54, 1.807) is 0 Å². The molecule has 4 heterocycles. The minimum absolute atomic E-state index is 0.154. The molecule has 0 amide bonds. The minimum atomic E-state index is -0.154. The van der Waals surface area contributed by atoms with Crippen molar-refractivity contribution >= 4 is 43.0 Å². The van der Waals surface area contributed by atoms with E-state index in [0.717, 1.165) is 27.9 Å². The second-order valence-corrected chi connectivity index (χ2v) is 7.11. The predicted octanol–water partition coefficient (Wildman–Crippen LogP) is 2.74. The molecule has 0 saturated carbocycles. The topological polar surface area (TPSA) is 76.6 Å². The van der Waals surface area contributed by atoms with Crippen molar-refractivity contribution in [2.24, 2.45) is 0 Å². The van der Waals surface area contributed by atoms with Crippen molar-refractivity contribution in [2.75, 3.05) is 5.32 Å². The number of imidazole rings is 1. The molecule has 24 heavy (non-hydrogen) atoms. The zero-order valence-electron chi connectivity index (χ0n) is 12.7. The Morgan fingerprint density at radius 3 is 2.96 bits per heavy atom. The largest absolute Gasteiger partial charge is 0.354 e. The Bertz CT molecular complexity index is 1100. The van der Waals surface area contributed by atoms with Gasteiger partial charge in [0.15, 0.2) is 0 Å². The Morgan fingerprint density at radius 1 is 1.25 bits per heavy atom. The van der Waals surface area contributed by atoms with E-state index in [1.165, 1.54) is 21.9 Å². The standard InChI is InChI=1S/C15H13BrN6OS/c1-2-10-5-13(23)22-15(19-10)24-14(20-22)17-6-11-8-21-7-9(16)3-4-12(21)18-11/h3-5,7-8H,2,6H2,1H3,(H,17,20). The lowest BCUT2D eigenvalue weighted by molar-refractivity contribution is 0.873. The molecule has 1 N–H and O–H groups in total. The Kier molecular flexibility index (Phi) is 3.81. The fourth-order valence-electron chi connectivity index (χ4n) is 2.38. The number of hydrogen-bond acceptors (Lipinski definition) is 6. The van der Waals surface area contributed by atoms with Gasteiger partial charge in [0.2, 0.25) is 10.1 Å². The highest BCUT2D eigenvalue weighted by Crippen LogP contribution is 2.18. The predicted molar refractivity (Wildman–Crippen MR) is 96.7 cm³/mol. The van der Waals surface area contributed by atoms with E-state index in [-0.39, 0.29) is 5.56 Å². The lowest BCUT2D eigenvalue weighted by atomic mass is 10.3. The first-order chi connectivity index (χ1) is 11.6. The first kappa shape index (κ1) is 15.3. The molecule has 0 radical (unpaired) electrons. The molecule has 7 nitrogen and oxygen atoms in total. The number of pyridine rings is 1. The van der Waals surface area contributed by atoms with Crippen molar-refractivity contribution in [3.63, 3.8) is 0 Å². The summed E-state index contributed by atoms with van der Waals surface area (Å²) in [5.74, 6) is 0. The molecular weight excluding hydrogens is 392 g/mol. The smallest absolute Gasteiger partial charge is 0.275 e. The highest BCUT2D eigenvalue weighted by atomic mass is 79.9. The van der Waals surface area contributed by atoms with Gasteiger partial charge < -0.3 is 9.72 Å². The third-order valence-electron chi connectivity index (χ3n) is 3.55. The average Bonchev–Trinajstić information content (AvgIpc) is 3.15. The Balaban J connectivity index is 1.59. The van der Waals surface area contributed by atoms with E-state index < -0.39 is 0 Å². The van der Waals surface area contributed by atoms with Crippen LogP contribution >= 0.6 is 27.3 Å². The van der Waals surface area contributed by atoms with Gasteiger partial charge in [-0.25, -0.2) is 9.97 Å². The second kappa shape index (κ2) is 5.99. The molecule has 0 fully saturated rings. The number of nitrogens with one attached hydrogen (secondary N) is 1.